The minimum Gasteiger partial charge on any atom is -0.497 e. The predicted molar refractivity (Wildman–Crippen MR) is 72.0 cm³/mol. The smallest absolute Gasteiger partial charge is 0.303 e. The van der Waals surface area contributed by atoms with Gasteiger partial charge in [0.15, 0.2) is 0 Å². The van der Waals surface area contributed by atoms with Crippen molar-refractivity contribution in [3.63, 3.8) is 0 Å². The molecule has 1 rings (SSSR count). The van der Waals surface area contributed by atoms with E-state index in [0.717, 1.165) is 5.56 Å². The van der Waals surface area contributed by atoms with E-state index in [1.165, 1.54) is 7.11 Å². The Balaban J connectivity index is 2.74. The molecule has 0 saturated carbocycles. The number of carboxylic acid groups (broad SMARTS) is 1. The summed E-state index contributed by atoms with van der Waals surface area (Å²) in [5, 5.41) is 8.48. The number of rotatable bonds is 7. The highest BCUT2D eigenvalue weighted by molar-refractivity contribution is 7.92. The third kappa shape index (κ3) is 5.17. The number of hydrogen-bond acceptors (Lipinski definition) is 4. The van der Waals surface area contributed by atoms with Crippen LogP contribution in [0.4, 0.5) is 5.69 Å². The summed E-state index contributed by atoms with van der Waals surface area (Å²) in [6, 6.07) is 5.07. The Morgan fingerprint density at radius 3 is 2.68 bits per heavy atom. The molecule has 0 bridgehead atoms. The molecular weight excluding hydrogens is 270 g/mol. The number of sulfonamides is 1. The number of carbonyl (C=O) groups is 1. The molecule has 1 aromatic rings. The molecule has 0 aliphatic carbocycles. The number of hydrogen-bond donors (Lipinski definition) is 2. The Bertz CT molecular complexity index is 553. The molecule has 0 fully saturated rings. The minimum atomic E-state index is -3.55. The van der Waals surface area contributed by atoms with Gasteiger partial charge in [-0.1, -0.05) is 6.07 Å². The summed E-state index contributed by atoms with van der Waals surface area (Å²) in [5.74, 6) is -0.683. The highest BCUT2D eigenvalue weighted by Crippen LogP contribution is 2.22. The molecule has 0 radical (unpaired) electrons. The number of aryl methyl sites for hydroxylation is 1. The molecule has 0 amide bonds. The largest absolute Gasteiger partial charge is 0.497 e. The molecule has 2 N–H and O–H groups in total. The Kier molecular flexibility index (Phi) is 5.17. The van der Waals surface area contributed by atoms with Crippen molar-refractivity contribution in [1.29, 1.82) is 0 Å². The van der Waals surface area contributed by atoms with Crippen LogP contribution in [0.15, 0.2) is 18.2 Å². The number of aliphatic carboxylic acids is 1. The molecule has 0 aliphatic heterocycles. The van der Waals surface area contributed by atoms with Crippen LogP contribution in [-0.4, -0.2) is 32.4 Å². The van der Waals surface area contributed by atoms with Crippen molar-refractivity contribution in [2.75, 3.05) is 17.6 Å². The molecule has 0 unspecified atom stereocenters. The van der Waals surface area contributed by atoms with Crippen LogP contribution in [0.1, 0.15) is 18.4 Å². The van der Waals surface area contributed by atoms with Crippen LogP contribution in [0, 0.1) is 6.92 Å². The summed E-state index contributed by atoms with van der Waals surface area (Å²) >= 11 is 0. The molecule has 0 aromatic heterocycles. The zero-order chi connectivity index (χ0) is 14.5. The van der Waals surface area contributed by atoms with Crippen molar-refractivity contribution in [2.45, 2.75) is 19.8 Å². The fourth-order valence-electron chi connectivity index (χ4n) is 1.47. The fourth-order valence-corrected chi connectivity index (χ4v) is 2.65. The Morgan fingerprint density at radius 1 is 1.42 bits per heavy atom. The number of ether oxygens (including phenoxy) is 1. The second kappa shape index (κ2) is 6.42. The van der Waals surface area contributed by atoms with E-state index in [4.69, 9.17) is 9.84 Å². The van der Waals surface area contributed by atoms with E-state index in [1.54, 1.807) is 25.1 Å². The molecule has 0 atom stereocenters. The monoisotopic (exact) mass is 287 g/mol. The van der Waals surface area contributed by atoms with Gasteiger partial charge in [-0.2, -0.15) is 0 Å². The van der Waals surface area contributed by atoms with Crippen molar-refractivity contribution in [3.8, 4) is 5.75 Å². The first-order valence-corrected chi connectivity index (χ1v) is 7.36. The van der Waals surface area contributed by atoms with Gasteiger partial charge in [0.05, 0.1) is 18.6 Å². The first-order valence-electron chi connectivity index (χ1n) is 5.71. The molecule has 0 saturated heterocycles. The number of carboxylic acids is 1. The highest BCUT2D eigenvalue weighted by Gasteiger charge is 2.13. The Labute approximate surface area is 112 Å². The molecule has 6 nitrogen and oxygen atoms in total. The van der Waals surface area contributed by atoms with Gasteiger partial charge < -0.3 is 9.84 Å². The molecule has 0 spiro atoms. The molecule has 0 aliphatic rings. The molecule has 19 heavy (non-hydrogen) atoms. The normalized spacial score (nSPS) is 11.1. The standard InChI is InChI=1S/C12H17NO5S/c1-9-5-6-10(18-2)8-11(9)13-19(16,17)7-3-4-12(14)15/h5-6,8,13H,3-4,7H2,1-2H3,(H,14,15). The van der Waals surface area contributed by atoms with E-state index in [1.807, 2.05) is 0 Å². The first-order chi connectivity index (χ1) is 8.84. The summed E-state index contributed by atoms with van der Waals surface area (Å²) < 4.78 is 31.0. The Morgan fingerprint density at radius 2 is 2.11 bits per heavy atom. The van der Waals surface area contributed by atoms with Gasteiger partial charge in [-0.3, -0.25) is 9.52 Å². The summed E-state index contributed by atoms with van der Waals surface area (Å²) in [6.07, 6.45) is -0.0916. The maximum atomic E-state index is 11.8. The lowest BCUT2D eigenvalue weighted by atomic mass is 10.2. The number of benzene rings is 1. The van der Waals surface area contributed by atoms with Crippen LogP contribution in [0.25, 0.3) is 0 Å². The lowest BCUT2D eigenvalue weighted by Gasteiger charge is -2.11. The van der Waals surface area contributed by atoms with Crippen LogP contribution in [0.2, 0.25) is 0 Å². The Hall–Kier alpha value is -1.76. The van der Waals surface area contributed by atoms with Crippen LogP contribution < -0.4 is 9.46 Å². The van der Waals surface area contributed by atoms with Gasteiger partial charge in [-0.25, -0.2) is 8.42 Å². The van der Waals surface area contributed by atoms with Gasteiger partial charge in [0.2, 0.25) is 10.0 Å². The van der Waals surface area contributed by atoms with Gasteiger partial charge in [0, 0.05) is 12.5 Å². The fraction of sp³-hybridized carbons (Fsp3) is 0.417. The van der Waals surface area contributed by atoms with E-state index >= 15 is 0 Å². The van der Waals surface area contributed by atoms with Crippen molar-refractivity contribution < 1.29 is 23.1 Å². The van der Waals surface area contributed by atoms with Gasteiger partial charge >= 0.3 is 5.97 Å². The summed E-state index contributed by atoms with van der Waals surface area (Å²) in [6.45, 7) is 1.77. The third-order valence-corrected chi connectivity index (χ3v) is 3.87. The van der Waals surface area contributed by atoms with Gasteiger partial charge in [-0.15, -0.1) is 0 Å². The summed E-state index contributed by atoms with van der Waals surface area (Å²) in [5.41, 5.74) is 1.21. The lowest BCUT2D eigenvalue weighted by molar-refractivity contribution is -0.137. The maximum absolute atomic E-state index is 11.8. The van der Waals surface area contributed by atoms with E-state index in [9.17, 15) is 13.2 Å². The van der Waals surface area contributed by atoms with E-state index in [-0.39, 0.29) is 18.6 Å². The quantitative estimate of drug-likeness (QED) is 0.794. The molecule has 1 aromatic carbocycles. The average molecular weight is 287 g/mol. The zero-order valence-electron chi connectivity index (χ0n) is 10.8. The van der Waals surface area contributed by atoms with Crippen LogP contribution in [0.3, 0.4) is 0 Å². The van der Waals surface area contributed by atoms with Crippen LogP contribution in [0.5, 0.6) is 5.75 Å². The second-order valence-corrected chi connectivity index (χ2v) is 5.94. The first kappa shape index (κ1) is 15.3. The SMILES string of the molecule is COc1ccc(C)c(NS(=O)(=O)CCCC(=O)O)c1. The van der Waals surface area contributed by atoms with Crippen LogP contribution >= 0.6 is 0 Å². The average Bonchev–Trinajstić information content (AvgIpc) is 2.31. The number of methoxy groups -OCH3 is 1. The maximum Gasteiger partial charge on any atom is 0.303 e. The minimum absolute atomic E-state index is 0.0771. The summed E-state index contributed by atoms with van der Waals surface area (Å²) in [4.78, 5) is 10.3. The van der Waals surface area contributed by atoms with Crippen molar-refractivity contribution in [2.24, 2.45) is 0 Å². The predicted octanol–water partition coefficient (Wildman–Crippen LogP) is 1.61. The van der Waals surface area contributed by atoms with E-state index < -0.39 is 16.0 Å². The van der Waals surface area contributed by atoms with Crippen LogP contribution in [-0.2, 0) is 14.8 Å². The molecular formula is C12H17NO5S. The van der Waals surface area contributed by atoms with Gasteiger partial charge in [0.25, 0.3) is 0 Å². The van der Waals surface area contributed by atoms with Gasteiger partial charge in [-0.05, 0) is 25.0 Å². The third-order valence-electron chi connectivity index (χ3n) is 2.51. The van der Waals surface area contributed by atoms with Crippen molar-refractivity contribution in [3.05, 3.63) is 23.8 Å². The van der Waals surface area contributed by atoms with E-state index in [0.29, 0.717) is 11.4 Å². The molecule has 7 heteroatoms. The number of anilines is 1. The lowest BCUT2D eigenvalue weighted by Crippen LogP contribution is -2.18. The van der Waals surface area contributed by atoms with Crippen molar-refractivity contribution >= 4 is 21.7 Å². The van der Waals surface area contributed by atoms with E-state index in [2.05, 4.69) is 4.72 Å². The van der Waals surface area contributed by atoms with Crippen molar-refractivity contribution in [1.82, 2.24) is 0 Å². The number of nitrogens with one attached hydrogen (secondary N) is 1. The molecule has 106 valence electrons. The zero-order valence-corrected chi connectivity index (χ0v) is 11.7. The highest BCUT2D eigenvalue weighted by atomic mass is 32.2. The summed E-state index contributed by atoms with van der Waals surface area (Å²) in [7, 11) is -2.05. The topological polar surface area (TPSA) is 92.7 Å². The molecule has 0 heterocycles. The van der Waals surface area contributed by atoms with Gasteiger partial charge in [0.1, 0.15) is 5.75 Å². The second-order valence-electron chi connectivity index (χ2n) is 4.10.